The van der Waals surface area contributed by atoms with Gasteiger partial charge in [0, 0.05) is 24.5 Å². The van der Waals surface area contributed by atoms with E-state index in [9.17, 15) is 19.2 Å². The smallest absolute Gasteiger partial charge is 0.333 e. The topological polar surface area (TPSA) is 105 Å². The highest BCUT2D eigenvalue weighted by Crippen LogP contribution is 2.63. The van der Waals surface area contributed by atoms with Crippen molar-refractivity contribution in [3.63, 3.8) is 0 Å². The average Bonchev–Trinajstić information content (AvgIpc) is 4.30. The zero-order valence-electron chi connectivity index (χ0n) is 48.3. The lowest BCUT2D eigenvalue weighted by molar-refractivity contribution is -0.146. The molecule has 0 N–H and O–H groups in total. The number of ether oxygens (including phenoxy) is 4. The van der Waals surface area contributed by atoms with Crippen molar-refractivity contribution in [3.05, 3.63) is 24.8 Å². The van der Waals surface area contributed by atoms with Crippen LogP contribution in [0.15, 0.2) is 24.8 Å². The Morgan fingerprint density at radius 3 is 1.31 bits per heavy atom. The van der Waals surface area contributed by atoms with E-state index in [1.54, 1.807) is 6.92 Å². The third kappa shape index (κ3) is 17.9. The minimum absolute atomic E-state index is 0.000839. The summed E-state index contributed by atoms with van der Waals surface area (Å²) in [6.07, 6.45) is 46.2. The number of fused-ring (bicyclic) bond motifs is 10. The maximum Gasteiger partial charge on any atom is 0.333 e. The summed E-state index contributed by atoms with van der Waals surface area (Å²) in [4.78, 5) is 49.6. The Balaban J connectivity index is 0.785. The van der Waals surface area contributed by atoms with Crippen LogP contribution in [-0.4, -0.2) is 50.3 Å². The molecule has 16 atom stereocenters. The molecule has 0 amide bonds. The molecule has 0 radical (unpaired) electrons. The fourth-order valence-corrected chi connectivity index (χ4v) is 18.0. The molecular weight excluding hydrogens is 933 g/mol. The molecule has 4 bridgehead atoms. The van der Waals surface area contributed by atoms with E-state index in [0.29, 0.717) is 92.2 Å². The summed E-state index contributed by atoms with van der Waals surface area (Å²) in [5, 5.41) is 0. The number of unbranched alkanes of at least 4 members (excludes halogenated alkanes) is 16. The molecule has 7 saturated carbocycles. The van der Waals surface area contributed by atoms with Crippen molar-refractivity contribution in [2.75, 3.05) is 26.4 Å². The second-order valence-corrected chi connectivity index (χ2v) is 26.7. The highest BCUT2D eigenvalue weighted by molar-refractivity contribution is 5.86. The van der Waals surface area contributed by atoms with Crippen LogP contribution in [0.5, 0.6) is 0 Å². The third-order valence-corrected chi connectivity index (χ3v) is 21.6. The fourth-order valence-electron chi connectivity index (χ4n) is 18.0. The van der Waals surface area contributed by atoms with E-state index in [0.717, 1.165) is 85.9 Å². The first-order chi connectivity index (χ1) is 36.6. The summed E-state index contributed by atoms with van der Waals surface area (Å²) >= 11 is 0. The van der Waals surface area contributed by atoms with E-state index in [4.69, 9.17) is 18.9 Å². The Bertz CT molecular complexity index is 1760. The number of rotatable bonds is 38. The number of esters is 4. The number of carbonyl (C=O) groups is 4. The van der Waals surface area contributed by atoms with Gasteiger partial charge in [0.15, 0.2) is 0 Å². The van der Waals surface area contributed by atoms with Gasteiger partial charge < -0.3 is 18.9 Å². The van der Waals surface area contributed by atoms with Crippen LogP contribution in [0.1, 0.15) is 252 Å². The number of hydrogen-bond acceptors (Lipinski definition) is 8. The maximum absolute atomic E-state index is 13.0. The van der Waals surface area contributed by atoms with Gasteiger partial charge in [-0.2, -0.15) is 0 Å². The highest BCUT2D eigenvalue weighted by atomic mass is 16.5. The number of hydrogen-bond donors (Lipinski definition) is 0. The van der Waals surface area contributed by atoms with Crippen molar-refractivity contribution in [1.29, 1.82) is 0 Å². The first-order valence-electron chi connectivity index (χ1n) is 32.5. The van der Waals surface area contributed by atoms with E-state index in [2.05, 4.69) is 27.0 Å². The molecule has 0 spiro atoms. The molecule has 0 aliphatic heterocycles. The second-order valence-electron chi connectivity index (χ2n) is 26.7. The van der Waals surface area contributed by atoms with Gasteiger partial charge in [0.25, 0.3) is 0 Å². The minimum atomic E-state index is -0.312. The standard InChI is InChI=1S/C67H110O8/c1-6-9-11-13-16-22-28-51-34-33-50(27-21-12-10-7-2)56(29-23-17-14-19-25-31-65(69)73-44-49-36-59-53-40-55(46-75-67(71)47(4)5)61(42-53)63(59)38-49)57(51)30-24-18-15-20-26-32-66(70)74-45-54-39-52-41-60(54)62-37-48(35-58(52)62)43-72-64(68)8-3/h8,48-63H,3-4,6-7,9-46H2,1-2,5H3/t48?,49?,50?,51?,52?,53?,54?,55?,56?,57?,58-,59-,60?,61?,62-,63-/m0/s1. The van der Waals surface area contributed by atoms with Crippen LogP contribution in [0, 0.1) is 94.7 Å². The van der Waals surface area contributed by atoms with Crippen LogP contribution >= 0.6 is 0 Å². The van der Waals surface area contributed by atoms with Crippen LogP contribution < -0.4 is 0 Å². The molecule has 426 valence electrons. The maximum atomic E-state index is 13.0. The average molecular weight is 1040 g/mol. The van der Waals surface area contributed by atoms with Gasteiger partial charge in [0.05, 0.1) is 26.4 Å². The monoisotopic (exact) mass is 1040 g/mol. The predicted octanol–water partition coefficient (Wildman–Crippen LogP) is 17.0. The summed E-state index contributed by atoms with van der Waals surface area (Å²) < 4.78 is 22.9. The molecule has 8 heteroatoms. The molecule has 7 rings (SSSR count). The molecular formula is C67H110O8. The van der Waals surface area contributed by atoms with Crippen molar-refractivity contribution in [1.82, 2.24) is 0 Å². The SMILES string of the molecule is C=CC(=O)OCC1C[C@@H]2C3CC(CC3COC(=O)CCCCCCCC3C(CCCCCCCC)CCC(CCCCCC)C3CCCCCCCC(=O)OCC3C[C@@H]4C5CC(CC5COC(=O)C(=C)C)[C@@H]4C3)[C@@H]2C1. The van der Waals surface area contributed by atoms with Gasteiger partial charge in [0.2, 0.25) is 0 Å². The third-order valence-electron chi connectivity index (χ3n) is 21.6. The van der Waals surface area contributed by atoms with Gasteiger partial charge in [-0.3, -0.25) is 9.59 Å². The summed E-state index contributed by atoms with van der Waals surface area (Å²) in [7, 11) is 0. The molecule has 7 aliphatic rings. The molecule has 8 nitrogen and oxygen atoms in total. The van der Waals surface area contributed by atoms with Crippen molar-refractivity contribution >= 4 is 23.9 Å². The predicted molar refractivity (Wildman–Crippen MR) is 302 cm³/mol. The molecule has 0 aromatic rings. The Morgan fingerprint density at radius 1 is 0.427 bits per heavy atom. The quantitative estimate of drug-likeness (QED) is 0.0261. The van der Waals surface area contributed by atoms with Crippen LogP contribution in [0.25, 0.3) is 0 Å². The zero-order valence-corrected chi connectivity index (χ0v) is 48.3. The lowest BCUT2D eigenvalue weighted by atomic mass is 9.61. The van der Waals surface area contributed by atoms with Crippen molar-refractivity contribution < 1.29 is 38.1 Å². The summed E-state index contributed by atoms with van der Waals surface area (Å²) in [6.45, 7) is 15.9. The summed E-state index contributed by atoms with van der Waals surface area (Å²) in [5.74, 6) is 10.7. The Morgan fingerprint density at radius 2 is 0.827 bits per heavy atom. The molecule has 0 aromatic heterocycles. The Labute approximate surface area is 458 Å². The van der Waals surface area contributed by atoms with Crippen LogP contribution in [0.4, 0.5) is 0 Å². The molecule has 7 aliphatic carbocycles. The molecule has 75 heavy (non-hydrogen) atoms. The van der Waals surface area contributed by atoms with Crippen molar-refractivity contribution in [2.45, 2.75) is 252 Å². The minimum Gasteiger partial charge on any atom is -0.465 e. The summed E-state index contributed by atoms with van der Waals surface area (Å²) in [5.41, 5.74) is 0.479. The van der Waals surface area contributed by atoms with Gasteiger partial charge in [-0.05, 0) is 192 Å². The Hall–Kier alpha value is -2.64. The normalized spacial score (nSPS) is 33.1. The van der Waals surface area contributed by atoms with Gasteiger partial charge >= 0.3 is 23.9 Å². The van der Waals surface area contributed by atoms with Crippen LogP contribution in [-0.2, 0) is 38.1 Å². The molecule has 7 fully saturated rings. The second kappa shape index (κ2) is 31.8. The molecule has 0 aromatic carbocycles. The van der Waals surface area contributed by atoms with Crippen LogP contribution in [0.3, 0.4) is 0 Å². The van der Waals surface area contributed by atoms with Gasteiger partial charge in [-0.25, -0.2) is 9.59 Å². The first kappa shape index (κ1) is 60.0. The molecule has 0 heterocycles. The van der Waals surface area contributed by atoms with E-state index in [1.165, 1.54) is 186 Å². The highest BCUT2D eigenvalue weighted by Gasteiger charge is 2.57. The van der Waals surface area contributed by atoms with Crippen molar-refractivity contribution in [3.8, 4) is 0 Å². The Kier molecular flexibility index (Phi) is 25.5. The van der Waals surface area contributed by atoms with Crippen molar-refractivity contribution in [2.24, 2.45) is 94.7 Å². The summed E-state index contributed by atoms with van der Waals surface area (Å²) in [6, 6.07) is 0. The van der Waals surface area contributed by atoms with Gasteiger partial charge in [-0.1, -0.05) is 155 Å². The first-order valence-corrected chi connectivity index (χ1v) is 32.5. The lowest BCUT2D eigenvalue weighted by Crippen LogP contribution is -2.35. The fraction of sp³-hybridized carbons (Fsp3) is 0.881. The largest absolute Gasteiger partial charge is 0.465 e. The number of carbonyl (C=O) groups excluding carboxylic acids is 4. The van der Waals surface area contributed by atoms with E-state index < -0.39 is 0 Å². The van der Waals surface area contributed by atoms with Crippen LogP contribution in [0.2, 0.25) is 0 Å². The van der Waals surface area contributed by atoms with Gasteiger partial charge in [0.1, 0.15) is 0 Å². The zero-order chi connectivity index (χ0) is 52.9. The van der Waals surface area contributed by atoms with E-state index >= 15 is 0 Å². The van der Waals surface area contributed by atoms with Gasteiger partial charge in [-0.15, -0.1) is 0 Å². The lowest BCUT2D eigenvalue weighted by Gasteiger charge is -2.44. The van der Waals surface area contributed by atoms with E-state index in [-0.39, 0.29) is 23.9 Å². The molecule has 12 unspecified atom stereocenters. The molecule has 0 saturated heterocycles. The van der Waals surface area contributed by atoms with E-state index in [1.807, 2.05) is 0 Å².